The molecule has 102 valence electrons. The molecule has 1 aliphatic rings. The van der Waals surface area contributed by atoms with Crippen molar-refractivity contribution in [2.75, 3.05) is 23.3 Å². The third-order valence-corrected chi connectivity index (χ3v) is 2.31. The first kappa shape index (κ1) is 14.7. The molecular weight excluding hydrogens is 244 g/mol. The monoisotopic (exact) mass is 262 g/mol. The van der Waals surface area contributed by atoms with Crippen molar-refractivity contribution >= 4 is 28.9 Å². The van der Waals surface area contributed by atoms with Crippen molar-refractivity contribution < 1.29 is 9.59 Å². The Bertz CT molecular complexity index is 495. The fraction of sp³-hybridized carbons (Fsp3) is 0.308. The summed E-state index contributed by atoms with van der Waals surface area (Å²) in [5, 5.41) is 9.29. The van der Waals surface area contributed by atoms with Gasteiger partial charge in [-0.1, -0.05) is 12.1 Å². The third-order valence-electron chi connectivity index (χ3n) is 2.31. The average Bonchev–Trinajstić information content (AvgIpc) is 2.32. The fourth-order valence-corrected chi connectivity index (χ4v) is 1.66. The highest BCUT2D eigenvalue weighted by molar-refractivity contribution is 6.05. The Balaban J connectivity index is 0.000000399. The lowest BCUT2D eigenvalue weighted by Crippen LogP contribution is -2.42. The van der Waals surface area contributed by atoms with Gasteiger partial charge in [0.2, 0.25) is 5.91 Å². The number of carbonyl (C=O) groups is 2. The Kier molecular flexibility index (Phi) is 5.05. The molecule has 19 heavy (non-hydrogen) atoms. The molecule has 1 heterocycles. The van der Waals surface area contributed by atoms with Gasteiger partial charge >= 0.3 is 0 Å². The molecule has 0 atom stereocenters. The number of nitrogens with two attached hydrogens (primary N) is 1. The number of hydrogen-bond acceptors (Lipinski definition) is 4. The number of anilines is 2. The molecule has 2 rings (SSSR count). The van der Waals surface area contributed by atoms with Gasteiger partial charge in [-0.05, 0) is 26.0 Å². The van der Waals surface area contributed by atoms with Crippen LogP contribution in [0.25, 0.3) is 0 Å². The quantitative estimate of drug-likeness (QED) is 0.546. The van der Waals surface area contributed by atoms with Gasteiger partial charge in [0.15, 0.2) is 0 Å². The van der Waals surface area contributed by atoms with Crippen molar-refractivity contribution in [1.82, 2.24) is 0 Å². The summed E-state index contributed by atoms with van der Waals surface area (Å²) in [6.07, 6.45) is 0. The summed E-state index contributed by atoms with van der Waals surface area (Å²) in [4.78, 5) is 24.2. The van der Waals surface area contributed by atoms with Gasteiger partial charge in [-0.25, -0.2) is 0 Å². The second kappa shape index (κ2) is 6.53. The number of amidine groups is 1. The zero-order chi connectivity index (χ0) is 14.4. The van der Waals surface area contributed by atoms with Crippen molar-refractivity contribution in [2.24, 2.45) is 5.73 Å². The number of nitrogens with zero attached hydrogens (tertiary/aromatic N) is 1. The molecule has 0 fully saturated rings. The number of carbonyl (C=O) groups excluding carboxylic acids is 2. The van der Waals surface area contributed by atoms with Crippen LogP contribution in [0.4, 0.5) is 11.4 Å². The van der Waals surface area contributed by atoms with E-state index in [0.717, 1.165) is 11.4 Å². The summed E-state index contributed by atoms with van der Waals surface area (Å²) in [6, 6.07) is 7.48. The maximum absolute atomic E-state index is 11.6. The SMILES string of the molecule is CC(=N)N.CC(=O)CN1C(=O)CNc2ccccc21. The summed E-state index contributed by atoms with van der Waals surface area (Å²) in [5.41, 5.74) is 6.38. The van der Waals surface area contributed by atoms with Crippen molar-refractivity contribution in [2.45, 2.75) is 13.8 Å². The second-order valence-electron chi connectivity index (χ2n) is 4.24. The van der Waals surface area contributed by atoms with Crippen LogP contribution in [0, 0.1) is 5.41 Å². The number of Topliss-reactive ketones (excluding diaryl/α,β-unsaturated/α-hetero) is 1. The molecule has 4 N–H and O–H groups in total. The molecular formula is C13H18N4O2. The van der Waals surface area contributed by atoms with Crippen molar-refractivity contribution in [3.63, 3.8) is 0 Å². The predicted octanol–water partition coefficient (Wildman–Crippen LogP) is 0.976. The lowest BCUT2D eigenvalue weighted by molar-refractivity contribution is -0.121. The molecule has 0 radical (unpaired) electrons. The molecule has 6 nitrogen and oxygen atoms in total. The van der Waals surface area contributed by atoms with Crippen LogP contribution in [0.15, 0.2) is 24.3 Å². The van der Waals surface area contributed by atoms with E-state index in [9.17, 15) is 9.59 Å². The minimum Gasteiger partial charge on any atom is -0.388 e. The standard InChI is InChI=1S/C11H12N2O2.C2H6N2/c1-8(14)7-13-10-5-3-2-4-9(10)12-6-11(13)15;1-2(3)4/h2-5,12H,6-7H2,1H3;1H3,(H3,3,4). The highest BCUT2D eigenvalue weighted by atomic mass is 16.2. The number of rotatable bonds is 2. The number of ketones is 1. The van der Waals surface area contributed by atoms with Crippen LogP contribution in [-0.2, 0) is 9.59 Å². The van der Waals surface area contributed by atoms with Gasteiger partial charge in [-0.15, -0.1) is 0 Å². The number of nitrogens with one attached hydrogen (secondary N) is 2. The topological polar surface area (TPSA) is 99.3 Å². The van der Waals surface area contributed by atoms with Crippen LogP contribution in [0.1, 0.15) is 13.8 Å². The average molecular weight is 262 g/mol. The molecule has 0 saturated carbocycles. The number of amides is 1. The fourth-order valence-electron chi connectivity index (χ4n) is 1.66. The van der Waals surface area contributed by atoms with E-state index in [0.29, 0.717) is 0 Å². The highest BCUT2D eigenvalue weighted by Gasteiger charge is 2.23. The molecule has 1 amide bonds. The minimum atomic E-state index is -0.0658. The second-order valence-corrected chi connectivity index (χ2v) is 4.24. The van der Waals surface area contributed by atoms with E-state index in [4.69, 9.17) is 11.1 Å². The van der Waals surface area contributed by atoms with E-state index < -0.39 is 0 Å². The Hall–Kier alpha value is -2.37. The maximum atomic E-state index is 11.6. The van der Waals surface area contributed by atoms with Crippen molar-refractivity contribution in [3.05, 3.63) is 24.3 Å². The van der Waals surface area contributed by atoms with Crippen molar-refractivity contribution in [1.29, 1.82) is 5.41 Å². The van der Waals surface area contributed by atoms with E-state index in [2.05, 4.69) is 5.32 Å². The molecule has 0 saturated heterocycles. The molecule has 6 heteroatoms. The minimum absolute atomic E-state index is 0.0138. The van der Waals surface area contributed by atoms with Crippen LogP contribution in [0.3, 0.4) is 0 Å². The Labute approximate surface area is 112 Å². The normalized spacial score (nSPS) is 12.7. The van der Waals surface area contributed by atoms with Crippen LogP contribution in [0.5, 0.6) is 0 Å². The lowest BCUT2D eigenvalue weighted by atomic mass is 10.2. The summed E-state index contributed by atoms with van der Waals surface area (Å²) < 4.78 is 0. The molecule has 0 spiro atoms. The summed E-state index contributed by atoms with van der Waals surface area (Å²) in [5.74, 6) is 0.0870. The smallest absolute Gasteiger partial charge is 0.246 e. The van der Waals surface area contributed by atoms with Crippen LogP contribution >= 0.6 is 0 Å². The maximum Gasteiger partial charge on any atom is 0.246 e. The Morgan fingerprint density at radius 3 is 2.58 bits per heavy atom. The first-order valence-corrected chi connectivity index (χ1v) is 5.85. The zero-order valence-corrected chi connectivity index (χ0v) is 11.1. The first-order chi connectivity index (χ1) is 8.91. The highest BCUT2D eigenvalue weighted by Crippen LogP contribution is 2.28. The summed E-state index contributed by atoms with van der Waals surface area (Å²) in [6.45, 7) is 3.42. The number of fused-ring (bicyclic) bond motifs is 1. The number of hydrogen-bond donors (Lipinski definition) is 3. The van der Waals surface area contributed by atoms with Gasteiger partial charge in [-0.3, -0.25) is 15.0 Å². The van der Waals surface area contributed by atoms with Crippen molar-refractivity contribution in [3.8, 4) is 0 Å². The van der Waals surface area contributed by atoms with Gasteiger partial charge in [-0.2, -0.15) is 0 Å². The Morgan fingerprint density at radius 1 is 1.42 bits per heavy atom. The van der Waals surface area contributed by atoms with E-state index >= 15 is 0 Å². The van der Waals surface area contributed by atoms with Gasteiger partial charge in [0.1, 0.15) is 5.78 Å². The lowest BCUT2D eigenvalue weighted by Gasteiger charge is -2.29. The van der Waals surface area contributed by atoms with Crippen LogP contribution in [0.2, 0.25) is 0 Å². The Morgan fingerprint density at radius 2 is 2.00 bits per heavy atom. The molecule has 1 aromatic rings. The first-order valence-electron chi connectivity index (χ1n) is 5.85. The number of benzene rings is 1. The van der Waals surface area contributed by atoms with E-state index in [1.807, 2.05) is 24.3 Å². The van der Waals surface area contributed by atoms with E-state index in [1.165, 1.54) is 18.7 Å². The largest absolute Gasteiger partial charge is 0.388 e. The van der Waals surface area contributed by atoms with Gasteiger partial charge in [0, 0.05) is 0 Å². The van der Waals surface area contributed by atoms with Gasteiger partial charge in [0.25, 0.3) is 0 Å². The zero-order valence-electron chi connectivity index (χ0n) is 11.1. The molecule has 0 bridgehead atoms. The van der Waals surface area contributed by atoms with E-state index in [1.54, 1.807) is 0 Å². The van der Waals surface area contributed by atoms with Gasteiger partial charge < -0.3 is 16.0 Å². The summed E-state index contributed by atoms with van der Waals surface area (Å²) >= 11 is 0. The molecule has 0 aromatic heterocycles. The van der Waals surface area contributed by atoms with Crippen LogP contribution < -0.4 is 16.0 Å². The molecule has 1 aromatic carbocycles. The predicted molar refractivity (Wildman–Crippen MR) is 75.6 cm³/mol. The number of para-hydroxylation sites is 2. The van der Waals surface area contributed by atoms with Crippen LogP contribution in [-0.4, -0.2) is 30.6 Å². The van der Waals surface area contributed by atoms with E-state index in [-0.39, 0.29) is 30.6 Å². The summed E-state index contributed by atoms with van der Waals surface area (Å²) in [7, 11) is 0. The molecule has 0 aliphatic carbocycles. The molecule has 0 unspecified atom stereocenters. The molecule has 1 aliphatic heterocycles. The third kappa shape index (κ3) is 4.42. The van der Waals surface area contributed by atoms with Gasteiger partial charge in [0.05, 0.1) is 30.3 Å².